The Bertz CT molecular complexity index is 783. The number of aliphatic hydroxyl groups is 1. The molecule has 102 valence electrons. The number of aliphatic hydroxyl groups excluding tert-OH is 1. The summed E-state index contributed by atoms with van der Waals surface area (Å²) in [7, 11) is 0. The van der Waals surface area contributed by atoms with E-state index in [0.717, 1.165) is 6.07 Å². The molecule has 0 spiro atoms. The molecule has 0 fully saturated rings. The van der Waals surface area contributed by atoms with Crippen molar-refractivity contribution >= 4 is 22.6 Å². The lowest BCUT2D eigenvalue weighted by molar-refractivity contribution is 0.191. The molecule has 5 heteroatoms. The molecule has 20 heavy (non-hydrogen) atoms. The third kappa shape index (κ3) is 2.17. The second-order valence-electron chi connectivity index (χ2n) is 4.38. The molecule has 0 bridgehead atoms. The van der Waals surface area contributed by atoms with Crippen molar-refractivity contribution in [3.05, 3.63) is 70.4 Å². The Labute approximate surface area is 118 Å². The summed E-state index contributed by atoms with van der Waals surface area (Å²) in [5.41, 5.74) is 0.349. The molecule has 0 aliphatic heterocycles. The zero-order chi connectivity index (χ0) is 14.3. The van der Waals surface area contributed by atoms with Crippen LogP contribution in [0.5, 0.6) is 0 Å². The monoisotopic (exact) mass is 294 g/mol. The summed E-state index contributed by atoms with van der Waals surface area (Å²) < 4.78 is 32.2. The number of benzene rings is 2. The topological polar surface area (TPSA) is 33.4 Å². The van der Waals surface area contributed by atoms with E-state index in [9.17, 15) is 13.9 Å². The van der Waals surface area contributed by atoms with Crippen molar-refractivity contribution in [2.45, 2.75) is 6.10 Å². The molecule has 3 rings (SSSR count). The van der Waals surface area contributed by atoms with Gasteiger partial charge in [0.15, 0.2) is 11.4 Å². The molecule has 1 N–H and O–H groups in total. The van der Waals surface area contributed by atoms with Gasteiger partial charge in [-0.2, -0.15) is 0 Å². The van der Waals surface area contributed by atoms with E-state index in [0.29, 0.717) is 5.39 Å². The van der Waals surface area contributed by atoms with Crippen LogP contribution in [0.25, 0.3) is 11.0 Å². The quantitative estimate of drug-likeness (QED) is 0.757. The zero-order valence-corrected chi connectivity index (χ0v) is 10.9. The Kier molecular flexibility index (Phi) is 3.20. The Hall–Kier alpha value is -1.91. The van der Waals surface area contributed by atoms with E-state index in [1.807, 2.05) is 0 Å². The third-order valence-corrected chi connectivity index (χ3v) is 3.35. The number of fused-ring (bicyclic) bond motifs is 1. The van der Waals surface area contributed by atoms with Crippen LogP contribution < -0.4 is 0 Å². The van der Waals surface area contributed by atoms with Crippen molar-refractivity contribution < 1.29 is 18.3 Å². The molecule has 2 aromatic carbocycles. The molecular weight excluding hydrogens is 286 g/mol. The first kappa shape index (κ1) is 13.1. The number of hydrogen-bond donors (Lipinski definition) is 1. The highest BCUT2D eigenvalue weighted by Gasteiger charge is 2.18. The first-order valence-corrected chi connectivity index (χ1v) is 6.25. The maximum atomic E-state index is 13.5. The normalized spacial score (nSPS) is 12.8. The summed E-state index contributed by atoms with van der Waals surface area (Å²) in [6.45, 7) is 0. The number of halogens is 3. The fourth-order valence-electron chi connectivity index (χ4n) is 2.03. The SMILES string of the molecule is OC(c1ccc(Cl)c(F)c1)c1cc2cccc(F)c2o1. The van der Waals surface area contributed by atoms with Crippen molar-refractivity contribution in [2.75, 3.05) is 0 Å². The zero-order valence-electron chi connectivity index (χ0n) is 10.1. The lowest BCUT2D eigenvalue weighted by atomic mass is 10.1. The van der Waals surface area contributed by atoms with Gasteiger partial charge in [-0.05, 0) is 29.8 Å². The van der Waals surface area contributed by atoms with Crippen molar-refractivity contribution in [1.82, 2.24) is 0 Å². The minimum absolute atomic E-state index is 0.0309. The van der Waals surface area contributed by atoms with Gasteiger partial charge < -0.3 is 9.52 Å². The van der Waals surface area contributed by atoms with Crippen LogP contribution in [0.3, 0.4) is 0 Å². The van der Waals surface area contributed by atoms with E-state index >= 15 is 0 Å². The summed E-state index contributed by atoms with van der Waals surface area (Å²) in [6.07, 6.45) is -1.19. The minimum atomic E-state index is -1.19. The summed E-state index contributed by atoms with van der Waals surface area (Å²) in [5, 5.41) is 10.7. The van der Waals surface area contributed by atoms with E-state index < -0.39 is 17.7 Å². The molecule has 1 aromatic heterocycles. The van der Waals surface area contributed by atoms with Gasteiger partial charge in [0.2, 0.25) is 0 Å². The second-order valence-corrected chi connectivity index (χ2v) is 4.79. The lowest BCUT2D eigenvalue weighted by Crippen LogP contribution is -1.98. The summed E-state index contributed by atoms with van der Waals surface area (Å²) in [6, 6.07) is 9.96. The molecule has 0 aliphatic carbocycles. The molecular formula is C15H9ClF2O2. The predicted molar refractivity (Wildman–Crippen MR) is 71.6 cm³/mol. The van der Waals surface area contributed by atoms with Crippen LogP contribution in [-0.2, 0) is 0 Å². The van der Waals surface area contributed by atoms with Crippen LogP contribution in [0, 0.1) is 11.6 Å². The van der Waals surface area contributed by atoms with Crippen LogP contribution in [0.4, 0.5) is 8.78 Å². The average molecular weight is 295 g/mol. The Morgan fingerprint density at radius 1 is 1.05 bits per heavy atom. The lowest BCUT2D eigenvalue weighted by Gasteiger charge is -2.08. The largest absolute Gasteiger partial charge is 0.455 e. The highest BCUT2D eigenvalue weighted by atomic mass is 35.5. The van der Waals surface area contributed by atoms with E-state index in [2.05, 4.69) is 0 Å². The van der Waals surface area contributed by atoms with E-state index in [4.69, 9.17) is 16.0 Å². The number of rotatable bonds is 2. The highest BCUT2D eigenvalue weighted by molar-refractivity contribution is 6.30. The molecule has 3 aromatic rings. The van der Waals surface area contributed by atoms with Crippen LogP contribution in [-0.4, -0.2) is 5.11 Å². The van der Waals surface area contributed by atoms with Crippen LogP contribution in [0.15, 0.2) is 46.9 Å². The predicted octanol–water partition coefficient (Wildman–Crippen LogP) is 4.45. The number of hydrogen-bond acceptors (Lipinski definition) is 2. The van der Waals surface area contributed by atoms with Crippen LogP contribution in [0.1, 0.15) is 17.4 Å². The van der Waals surface area contributed by atoms with Crippen molar-refractivity contribution in [2.24, 2.45) is 0 Å². The molecule has 0 saturated heterocycles. The van der Waals surface area contributed by atoms with Gasteiger partial charge in [-0.15, -0.1) is 0 Å². The molecule has 0 saturated carbocycles. The summed E-state index contributed by atoms with van der Waals surface area (Å²) in [4.78, 5) is 0. The van der Waals surface area contributed by atoms with E-state index in [1.165, 1.54) is 24.3 Å². The van der Waals surface area contributed by atoms with E-state index in [-0.39, 0.29) is 21.9 Å². The fraction of sp³-hybridized carbons (Fsp3) is 0.0667. The van der Waals surface area contributed by atoms with Gasteiger partial charge in [-0.1, -0.05) is 29.8 Å². The molecule has 0 amide bonds. The average Bonchev–Trinajstić information content (AvgIpc) is 2.86. The van der Waals surface area contributed by atoms with Gasteiger partial charge in [-0.25, -0.2) is 8.78 Å². The first-order chi connectivity index (χ1) is 9.56. The Morgan fingerprint density at radius 3 is 2.55 bits per heavy atom. The van der Waals surface area contributed by atoms with Gasteiger partial charge in [0.1, 0.15) is 17.7 Å². The van der Waals surface area contributed by atoms with Gasteiger partial charge in [0.25, 0.3) is 0 Å². The smallest absolute Gasteiger partial charge is 0.170 e. The summed E-state index contributed by atoms with van der Waals surface area (Å²) in [5.74, 6) is -0.999. The van der Waals surface area contributed by atoms with E-state index in [1.54, 1.807) is 12.1 Å². The number of furan rings is 1. The van der Waals surface area contributed by atoms with Gasteiger partial charge in [0.05, 0.1) is 5.02 Å². The standard InChI is InChI=1S/C15H9ClF2O2/c16-10-5-4-8(6-12(10)18)14(19)13-7-9-2-1-3-11(17)15(9)20-13/h1-7,14,19H. The van der Waals surface area contributed by atoms with Gasteiger partial charge >= 0.3 is 0 Å². The molecule has 2 nitrogen and oxygen atoms in total. The van der Waals surface area contributed by atoms with Crippen molar-refractivity contribution in [3.8, 4) is 0 Å². The minimum Gasteiger partial charge on any atom is -0.455 e. The molecule has 0 radical (unpaired) electrons. The molecule has 1 heterocycles. The van der Waals surface area contributed by atoms with Crippen molar-refractivity contribution in [1.29, 1.82) is 0 Å². The van der Waals surface area contributed by atoms with Gasteiger partial charge in [0, 0.05) is 5.39 Å². The van der Waals surface area contributed by atoms with Crippen molar-refractivity contribution in [3.63, 3.8) is 0 Å². The van der Waals surface area contributed by atoms with Gasteiger partial charge in [-0.3, -0.25) is 0 Å². The van der Waals surface area contributed by atoms with Crippen LogP contribution in [0.2, 0.25) is 5.02 Å². The highest BCUT2D eigenvalue weighted by Crippen LogP contribution is 2.30. The maximum absolute atomic E-state index is 13.5. The Balaban J connectivity index is 2.05. The second kappa shape index (κ2) is 4.89. The fourth-order valence-corrected chi connectivity index (χ4v) is 2.15. The summed E-state index contributed by atoms with van der Waals surface area (Å²) >= 11 is 5.59. The molecule has 1 unspecified atom stereocenters. The molecule has 0 aliphatic rings. The van der Waals surface area contributed by atoms with Crippen LogP contribution >= 0.6 is 11.6 Å². The molecule has 1 atom stereocenters. The third-order valence-electron chi connectivity index (χ3n) is 3.04. The first-order valence-electron chi connectivity index (χ1n) is 5.87. The maximum Gasteiger partial charge on any atom is 0.170 e. The Morgan fingerprint density at radius 2 is 1.85 bits per heavy atom. The number of para-hydroxylation sites is 1.